The van der Waals surface area contributed by atoms with Crippen LogP contribution in [-0.4, -0.2) is 56.1 Å². The Balaban J connectivity index is 1.34. The quantitative estimate of drug-likeness (QED) is 0.103. The SMILES string of the molecule is COCCOCc1ccc(C2C(O)CN(Cc3ccccc3)CC2COC(c2ccccc2)(c2ccccc2)c2ccccc2)cc1. The predicted octanol–water partition coefficient (Wildman–Crippen LogP) is 7.43. The summed E-state index contributed by atoms with van der Waals surface area (Å²) in [6.45, 7) is 4.29. The molecule has 3 unspecified atom stereocenters. The Bertz CT molecular complexity index is 1520. The van der Waals surface area contributed by atoms with Gasteiger partial charge in [-0.3, -0.25) is 4.90 Å². The van der Waals surface area contributed by atoms with Crippen molar-refractivity contribution in [3.63, 3.8) is 0 Å². The molecule has 3 atom stereocenters. The fourth-order valence-corrected chi connectivity index (χ4v) is 7.00. The molecule has 0 radical (unpaired) electrons. The van der Waals surface area contributed by atoms with Gasteiger partial charge in [-0.25, -0.2) is 0 Å². The number of rotatable bonds is 14. The Morgan fingerprint density at radius 3 is 1.70 bits per heavy atom. The Hall–Kier alpha value is -4.10. The van der Waals surface area contributed by atoms with E-state index in [4.69, 9.17) is 14.2 Å². The summed E-state index contributed by atoms with van der Waals surface area (Å²) in [6.07, 6.45) is -0.551. The van der Waals surface area contributed by atoms with Gasteiger partial charge in [-0.15, -0.1) is 0 Å². The van der Waals surface area contributed by atoms with Crippen molar-refractivity contribution in [1.82, 2.24) is 4.90 Å². The molecule has 0 bridgehead atoms. The number of aliphatic hydroxyl groups excluding tert-OH is 1. The van der Waals surface area contributed by atoms with E-state index in [0.29, 0.717) is 33.0 Å². The Kier molecular flexibility index (Phi) is 11.3. The number of β-amino-alcohol motifs (C(OH)–C–C–N with tert-alkyl or cyclic N) is 1. The van der Waals surface area contributed by atoms with Crippen LogP contribution in [0.3, 0.4) is 0 Å². The first kappa shape index (κ1) is 32.8. The van der Waals surface area contributed by atoms with E-state index in [9.17, 15) is 5.11 Å². The summed E-state index contributed by atoms with van der Waals surface area (Å²) in [6, 6.07) is 50.6. The average molecular weight is 628 g/mol. The zero-order chi connectivity index (χ0) is 32.3. The molecule has 6 rings (SSSR count). The van der Waals surface area contributed by atoms with Crippen molar-refractivity contribution in [1.29, 1.82) is 0 Å². The Labute approximate surface area is 279 Å². The number of hydrogen-bond acceptors (Lipinski definition) is 5. The number of hydrogen-bond donors (Lipinski definition) is 1. The number of nitrogens with zero attached hydrogens (tertiary/aromatic N) is 1. The van der Waals surface area contributed by atoms with Crippen molar-refractivity contribution in [2.75, 3.05) is 40.0 Å². The number of ether oxygens (including phenoxy) is 3. The summed E-state index contributed by atoms with van der Waals surface area (Å²) in [5.74, 6) is -0.0627. The summed E-state index contributed by atoms with van der Waals surface area (Å²) in [5.41, 5.74) is 5.85. The normalized spacial score (nSPS) is 18.6. The maximum Gasteiger partial charge on any atom is 0.143 e. The molecule has 1 aliphatic heterocycles. The second-order valence-electron chi connectivity index (χ2n) is 12.4. The smallest absolute Gasteiger partial charge is 0.143 e. The lowest BCUT2D eigenvalue weighted by molar-refractivity contribution is -0.0570. The van der Waals surface area contributed by atoms with Gasteiger partial charge in [-0.05, 0) is 33.4 Å². The van der Waals surface area contributed by atoms with E-state index < -0.39 is 11.7 Å². The van der Waals surface area contributed by atoms with Crippen LogP contribution in [0, 0.1) is 5.92 Å². The van der Waals surface area contributed by atoms with Gasteiger partial charge in [0.25, 0.3) is 0 Å². The third-order valence-electron chi connectivity index (χ3n) is 9.23. The summed E-state index contributed by atoms with van der Waals surface area (Å²) in [4.78, 5) is 2.37. The van der Waals surface area contributed by atoms with Crippen LogP contribution in [0.2, 0.25) is 0 Å². The molecule has 242 valence electrons. The average Bonchev–Trinajstić information content (AvgIpc) is 3.12. The predicted molar refractivity (Wildman–Crippen MR) is 187 cm³/mol. The van der Waals surface area contributed by atoms with Crippen molar-refractivity contribution in [2.45, 2.75) is 30.8 Å². The summed E-state index contributed by atoms with van der Waals surface area (Å²) in [7, 11) is 1.68. The maximum atomic E-state index is 11.9. The molecule has 5 heteroatoms. The van der Waals surface area contributed by atoms with Crippen LogP contribution < -0.4 is 0 Å². The standard InChI is InChI=1S/C42H45NO4/c1-45-26-27-46-31-34-22-24-35(25-23-34)41-36(29-43(30-40(41)44)28-33-14-6-2-7-15-33)32-47-42(37-16-8-3-9-17-37,38-18-10-4-11-19-38)39-20-12-5-13-21-39/h2-25,36,40-41,44H,26-32H2,1H3. The molecule has 0 aromatic heterocycles. The lowest BCUT2D eigenvalue weighted by Crippen LogP contribution is -2.50. The zero-order valence-corrected chi connectivity index (χ0v) is 27.2. The first-order valence-electron chi connectivity index (χ1n) is 16.6. The lowest BCUT2D eigenvalue weighted by Gasteiger charge is -2.44. The van der Waals surface area contributed by atoms with Crippen LogP contribution in [0.25, 0.3) is 0 Å². The number of piperidine rings is 1. The zero-order valence-electron chi connectivity index (χ0n) is 27.2. The Morgan fingerprint density at radius 2 is 1.17 bits per heavy atom. The van der Waals surface area contributed by atoms with Gasteiger partial charge in [0.05, 0.1) is 32.5 Å². The monoisotopic (exact) mass is 627 g/mol. The van der Waals surface area contributed by atoms with E-state index in [-0.39, 0.29) is 11.8 Å². The van der Waals surface area contributed by atoms with E-state index in [0.717, 1.165) is 40.9 Å². The highest BCUT2D eigenvalue weighted by Crippen LogP contribution is 2.43. The largest absolute Gasteiger partial charge is 0.391 e. The van der Waals surface area contributed by atoms with Gasteiger partial charge in [-0.1, -0.05) is 146 Å². The summed E-state index contributed by atoms with van der Waals surface area (Å²) < 4.78 is 18.2. The van der Waals surface area contributed by atoms with Gasteiger partial charge in [0, 0.05) is 38.6 Å². The highest BCUT2D eigenvalue weighted by Gasteiger charge is 2.42. The Morgan fingerprint density at radius 1 is 0.638 bits per heavy atom. The van der Waals surface area contributed by atoms with Crippen LogP contribution >= 0.6 is 0 Å². The van der Waals surface area contributed by atoms with Crippen molar-refractivity contribution in [3.8, 4) is 0 Å². The first-order chi connectivity index (χ1) is 23.2. The minimum Gasteiger partial charge on any atom is -0.391 e. The molecule has 1 saturated heterocycles. The van der Waals surface area contributed by atoms with E-state index in [1.54, 1.807) is 7.11 Å². The molecular weight excluding hydrogens is 582 g/mol. The highest BCUT2D eigenvalue weighted by atomic mass is 16.5. The third kappa shape index (κ3) is 7.90. The molecule has 5 aromatic carbocycles. The topological polar surface area (TPSA) is 51.2 Å². The molecule has 0 spiro atoms. The van der Waals surface area contributed by atoms with Crippen LogP contribution in [0.5, 0.6) is 0 Å². The minimum atomic E-state index is -0.829. The molecule has 1 N–H and O–H groups in total. The van der Waals surface area contributed by atoms with Crippen LogP contribution in [0.15, 0.2) is 146 Å². The minimum absolute atomic E-state index is 0.0294. The van der Waals surface area contributed by atoms with E-state index >= 15 is 0 Å². The van der Waals surface area contributed by atoms with Crippen LogP contribution in [0.4, 0.5) is 0 Å². The number of benzene rings is 5. The second kappa shape index (κ2) is 16.1. The van der Waals surface area contributed by atoms with Crippen molar-refractivity contribution < 1.29 is 19.3 Å². The van der Waals surface area contributed by atoms with Gasteiger partial charge in [0.1, 0.15) is 5.60 Å². The van der Waals surface area contributed by atoms with E-state index in [1.807, 2.05) is 24.3 Å². The molecule has 5 nitrogen and oxygen atoms in total. The molecule has 1 fully saturated rings. The first-order valence-corrected chi connectivity index (χ1v) is 16.6. The molecule has 1 heterocycles. The van der Waals surface area contributed by atoms with E-state index in [2.05, 4.69) is 126 Å². The molecule has 5 aromatic rings. The van der Waals surface area contributed by atoms with Crippen LogP contribution in [0.1, 0.15) is 39.3 Å². The molecule has 0 saturated carbocycles. The molecule has 1 aliphatic rings. The fourth-order valence-electron chi connectivity index (χ4n) is 7.00. The highest BCUT2D eigenvalue weighted by molar-refractivity contribution is 5.47. The van der Waals surface area contributed by atoms with Gasteiger partial charge < -0.3 is 19.3 Å². The van der Waals surface area contributed by atoms with Crippen molar-refractivity contribution >= 4 is 0 Å². The molecular formula is C42H45NO4. The third-order valence-corrected chi connectivity index (χ3v) is 9.23. The van der Waals surface area contributed by atoms with Crippen molar-refractivity contribution in [2.24, 2.45) is 5.92 Å². The summed E-state index contributed by atoms with van der Waals surface area (Å²) >= 11 is 0. The number of aliphatic hydroxyl groups is 1. The molecule has 0 aliphatic carbocycles. The second-order valence-corrected chi connectivity index (χ2v) is 12.4. The number of likely N-dealkylation sites (tertiary alicyclic amines) is 1. The lowest BCUT2D eigenvalue weighted by atomic mass is 9.77. The fraction of sp³-hybridized carbons (Fsp3) is 0.286. The molecule has 0 amide bonds. The van der Waals surface area contributed by atoms with Gasteiger partial charge in [0.15, 0.2) is 0 Å². The van der Waals surface area contributed by atoms with Gasteiger partial charge in [0.2, 0.25) is 0 Å². The number of methoxy groups -OCH3 is 1. The maximum absolute atomic E-state index is 11.9. The van der Waals surface area contributed by atoms with Gasteiger partial charge in [-0.2, -0.15) is 0 Å². The van der Waals surface area contributed by atoms with E-state index in [1.165, 1.54) is 5.56 Å². The van der Waals surface area contributed by atoms with Crippen molar-refractivity contribution in [3.05, 3.63) is 179 Å². The molecule has 47 heavy (non-hydrogen) atoms. The van der Waals surface area contributed by atoms with Gasteiger partial charge >= 0.3 is 0 Å². The van der Waals surface area contributed by atoms with Crippen LogP contribution in [-0.2, 0) is 33.0 Å². The summed E-state index contributed by atoms with van der Waals surface area (Å²) in [5, 5.41) is 11.9.